The quantitative estimate of drug-likeness (QED) is 0.817. The largest absolute Gasteiger partial charge is 0.266 e. The second-order valence-electron chi connectivity index (χ2n) is 4.95. The minimum Gasteiger partial charge on any atom is -0.266 e. The van der Waals surface area contributed by atoms with E-state index in [9.17, 15) is 16.8 Å². The van der Waals surface area contributed by atoms with Crippen LogP contribution in [-0.2, 0) is 19.9 Å². The summed E-state index contributed by atoms with van der Waals surface area (Å²) < 4.78 is 49.6. The second-order valence-corrected chi connectivity index (χ2v) is 9.03. The Labute approximate surface area is 119 Å². The molecule has 1 fully saturated rings. The Morgan fingerprint density at radius 2 is 2.25 bits per heavy atom. The molecule has 0 amide bonds. The highest BCUT2D eigenvalue weighted by molar-refractivity contribution is 7.92. The third-order valence-corrected chi connectivity index (χ3v) is 7.04. The van der Waals surface area contributed by atoms with Crippen molar-refractivity contribution >= 4 is 19.9 Å². The van der Waals surface area contributed by atoms with Gasteiger partial charge in [0.15, 0.2) is 14.9 Å². The van der Waals surface area contributed by atoms with Crippen molar-refractivity contribution in [3.8, 4) is 0 Å². The van der Waals surface area contributed by atoms with E-state index in [1.54, 1.807) is 0 Å². The Morgan fingerprint density at radius 1 is 1.50 bits per heavy atom. The van der Waals surface area contributed by atoms with Crippen molar-refractivity contribution in [3.05, 3.63) is 12.3 Å². The zero-order valence-corrected chi connectivity index (χ0v) is 13.0. The maximum atomic E-state index is 12.6. The lowest BCUT2D eigenvalue weighted by molar-refractivity contribution is 0.334. The molecule has 0 saturated carbocycles. The Kier molecular flexibility index (Phi) is 4.50. The first-order valence-electron chi connectivity index (χ1n) is 6.58. The van der Waals surface area contributed by atoms with Gasteiger partial charge in [0.2, 0.25) is 0 Å². The second kappa shape index (κ2) is 5.82. The van der Waals surface area contributed by atoms with E-state index in [4.69, 9.17) is 0 Å². The summed E-state index contributed by atoms with van der Waals surface area (Å²) in [6.07, 6.45) is 3.27. The number of nitrogens with zero attached hydrogens (tertiary/aromatic N) is 2. The van der Waals surface area contributed by atoms with Crippen LogP contribution < -0.4 is 0 Å². The van der Waals surface area contributed by atoms with Gasteiger partial charge in [0.25, 0.3) is 10.0 Å². The van der Waals surface area contributed by atoms with Gasteiger partial charge in [0.1, 0.15) is 0 Å². The minimum absolute atomic E-state index is 0.0119. The number of H-pyrrole nitrogens is 1. The van der Waals surface area contributed by atoms with E-state index in [2.05, 4.69) is 10.2 Å². The lowest BCUT2D eigenvalue weighted by Crippen LogP contribution is -2.41. The number of sulfonamides is 1. The summed E-state index contributed by atoms with van der Waals surface area (Å²) in [6, 6.07) is 0.914. The highest BCUT2D eigenvalue weighted by atomic mass is 32.2. The third kappa shape index (κ3) is 3.21. The molecule has 20 heavy (non-hydrogen) atoms. The van der Waals surface area contributed by atoms with Gasteiger partial charge in [-0.3, -0.25) is 5.10 Å². The zero-order valence-electron chi connectivity index (χ0n) is 11.3. The molecule has 114 valence electrons. The van der Waals surface area contributed by atoms with Gasteiger partial charge < -0.3 is 0 Å². The molecule has 2 rings (SSSR count). The first-order chi connectivity index (χ1) is 9.37. The lowest BCUT2D eigenvalue weighted by Gasteiger charge is -2.26. The van der Waals surface area contributed by atoms with Gasteiger partial charge in [-0.25, -0.2) is 16.8 Å². The molecule has 1 atom stereocenters. The molecule has 7 nitrogen and oxygen atoms in total. The average molecular weight is 321 g/mol. The van der Waals surface area contributed by atoms with Crippen LogP contribution in [0.5, 0.6) is 0 Å². The van der Waals surface area contributed by atoms with Gasteiger partial charge >= 0.3 is 0 Å². The van der Waals surface area contributed by atoms with E-state index in [1.807, 2.05) is 6.92 Å². The number of unbranched alkanes of at least 4 members (excludes halogenated alkanes) is 1. The monoisotopic (exact) mass is 321 g/mol. The van der Waals surface area contributed by atoms with Gasteiger partial charge in [-0.15, -0.1) is 0 Å². The smallest absolute Gasteiger partial charge is 0.260 e. The number of nitrogens with one attached hydrogen (secondary N) is 1. The minimum atomic E-state index is -3.71. The summed E-state index contributed by atoms with van der Waals surface area (Å²) in [6.45, 7) is 2.30. The Bertz CT molecular complexity index is 637. The number of aromatic nitrogens is 2. The van der Waals surface area contributed by atoms with Crippen LogP contribution in [0.3, 0.4) is 0 Å². The number of aromatic amines is 1. The van der Waals surface area contributed by atoms with Gasteiger partial charge in [-0.1, -0.05) is 13.3 Å². The Hall–Kier alpha value is -0.930. The molecule has 1 unspecified atom stereocenters. The standard InChI is InChI=1S/C11H19N3O4S2/c1-2-3-7-14(10-5-8-19(15,16)9-10)20(17,18)11-4-6-12-13-11/h4,6,10H,2-3,5,7-9H2,1H3,(H,12,13). The van der Waals surface area contributed by atoms with E-state index >= 15 is 0 Å². The van der Waals surface area contributed by atoms with Crippen molar-refractivity contribution < 1.29 is 16.8 Å². The molecule has 1 aliphatic rings. The average Bonchev–Trinajstić information content (AvgIpc) is 2.99. The van der Waals surface area contributed by atoms with Crippen LogP contribution in [0, 0.1) is 0 Å². The summed E-state index contributed by atoms with van der Waals surface area (Å²) in [5, 5.41) is 6.12. The number of hydrogen-bond acceptors (Lipinski definition) is 5. The molecule has 1 aliphatic heterocycles. The molecule has 1 saturated heterocycles. The van der Waals surface area contributed by atoms with Crippen molar-refractivity contribution in [2.45, 2.75) is 37.3 Å². The third-order valence-electron chi connectivity index (χ3n) is 3.41. The van der Waals surface area contributed by atoms with Crippen molar-refractivity contribution in [1.29, 1.82) is 0 Å². The van der Waals surface area contributed by atoms with Crippen molar-refractivity contribution in [2.75, 3.05) is 18.1 Å². The molecule has 0 spiro atoms. The molecule has 2 heterocycles. The van der Waals surface area contributed by atoms with E-state index in [0.29, 0.717) is 19.4 Å². The topological polar surface area (TPSA) is 100 Å². The summed E-state index contributed by atoms with van der Waals surface area (Å²) in [7, 11) is -6.84. The van der Waals surface area contributed by atoms with Crippen LogP contribution in [0.4, 0.5) is 0 Å². The zero-order chi connectivity index (χ0) is 14.8. The van der Waals surface area contributed by atoms with Crippen LogP contribution >= 0.6 is 0 Å². The van der Waals surface area contributed by atoms with Crippen LogP contribution in [0.1, 0.15) is 26.2 Å². The van der Waals surface area contributed by atoms with Gasteiger partial charge in [0.05, 0.1) is 17.7 Å². The summed E-state index contributed by atoms with van der Waals surface area (Å²) in [4.78, 5) is 0. The maximum Gasteiger partial charge on any atom is 0.260 e. The molecular weight excluding hydrogens is 302 g/mol. The number of rotatable bonds is 6. The van der Waals surface area contributed by atoms with Crippen LogP contribution in [0.25, 0.3) is 0 Å². The van der Waals surface area contributed by atoms with E-state index in [-0.39, 0.29) is 16.5 Å². The fraction of sp³-hybridized carbons (Fsp3) is 0.727. The van der Waals surface area contributed by atoms with Crippen LogP contribution in [-0.4, -0.2) is 55.4 Å². The van der Waals surface area contributed by atoms with E-state index in [0.717, 1.165) is 6.42 Å². The van der Waals surface area contributed by atoms with E-state index in [1.165, 1.54) is 16.6 Å². The lowest BCUT2D eigenvalue weighted by atomic mass is 10.2. The maximum absolute atomic E-state index is 12.6. The first-order valence-corrected chi connectivity index (χ1v) is 9.84. The fourth-order valence-corrected chi connectivity index (χ4v) is 5.75. The fourth-order valence-electron chi connectivity index (χ4n) is 2.33. The molecule has 1 aromatic rings. The Balaban J connectivity index is 2.29. The van der Waals surface area contributed by atoms with Crippen molar-refractivity contribution in [2.24, 2.45) is 0 Å². The summed E-state index contributed by atoms with van der Waals surface area (Å²) >= 11 is 0. The summed E-state index contributed by atoms with van der Waals surface area (Å²) in [5.41, 5.74) is 0. The normalized spacial score (nSPS) is 22.4. The van der Waals surface area contributed by atoms with Crippen LogP contribution in [0.2, 0.25) is 0 Å². The molecule has 1 N–H and O–H groups in total. The highest BCUT2D eigenvalue weighted by Gasteiger charge is 2.38. The first kappa shape index (κ1) is 15.5. The summed E-state index contributed by atoms with van der Waals surface area (Å²) in [5.74, 6) is -0.0388. The molecule has 0 bridgehead atoms. The number of hydrogen-bond donors (Lipinski definition) is 1. The van der Waals surface area contributed by atoms with Crippen molar-refractivity contribution in [3.63, 3.8) is 0 Å². The van der Waals surface area contributed by atoms with Crippen LogP contribution in [0.15, 0.2) is 17.3 Å². The molecule has 9 heteroatoms. The highest BCUT2D eigenvalue weighted by Crippen LogP contribution is 2.24. The molecular formula is C11H19N3O4S2. The Morgan fingerprint density at radius 3 is 2.75 bits per heavy atom. The predicted octanol–water partition coefficient (Wildman–Crippen LogP) is 0.388. The molecule has 0 radical (unpaired) electrons. The molecule has 0 aromatic carbocycles. The molecule has 1 aromatic heterocycles. The van der Waals surface area contributed by atoms with Gasteiger partial charge in [0, 0.05) is 12.6 Å². The number of sulfone groups is 1. The van der Waals surface area contributed by atoms with Gasteiger partial charge in [-0.2, -0.15) is 9.40 Å². The van der Waals surface area contributed by atoms with Gasteiger partial charge in [-0.05, 0) is 18.9 Å². The van der Waals surface area contributed by atoms with Crippen molar-refractivity contribution in [1.82, 2.24) is 14.5 Å². The molecule has 0 aliphatic carbocycles. The van der Waals surface area contributed by atoms with E-state index < -0.39 is 25.9 Å². The predicted molar refractivity (Wildman–Crippen MR) is 74.4 cm³/mol. The SMILES string of the molecule is CCCCN(C1CCS(=O)(=O)C1)S(=O)(=O)c1ccn[nH]1.